The Bertz CT molecular complexity index is 979. The molecular formula is C25H29NO2. The molecule has 146 valence electrons. The third-order valence-electron chi connectivity index (χ3n) is 5.93. The van der Waals surface area contributed by atoms with Crippen LogP contribution in [0.1, 0.15) is 67.3 Å². The molecule has 0 amide bonds. The Hall–Kier alpha value is -2.55. The number of ether oxygens (including phenoxy) is 1. The SMILES string of the molecule is CC(=O)CCc1cc2cc(OCc3ccc(C4CCCC4)c(C)c3)ccc2[nH]1. The Labute approximate surface area is 167 Å². The van der Waals surface area contributed by atoms with Crippen LogP contribution in [0, 0.1) is 6.92 Å². The lowest BCUT2D eigenvalue weighted by Gasteiger charge is -2.15. The molecule has 0 aliphatic heterocycles. The number of carbonyl (C=O) groups is 1. The van der Waals surface area contributed by atoms with E-state index in [1.807, 2.05) is 6.07 Å². The molecule has 28 heavy (non-hydrogen) atoms. The van der Waals surface area contributed by atoms with Gasteiger partial charge in [-0.25, -0.2) is 0 Å². The molecule has 1 N–H and O–H groups in total. The van der Waals surface area contributed by atoms with Gasteiger partial charge in [-0.1, -0.05) is 31.0 Å². The normalized spacial score (nSPS) is 14.6. The van der Waals surface area contributed by atoms with Crippen LogP contribution in [-0.4, -0.2) is 10.8 Å². The molecular weight excluding hydrogens is 346 g/mol. The number of nitrogens with one attached hydrogen (secondary N) is 1. The standard InChI is InChI=1S/C25H29NO2/c1-17-13-19(8-11-24(17)20-5-3-4-6-20)16-28-23-10-12-25-21(15-23)14-22(26-25)9-7-18(2)27/h8,10-15,20,26H,3-7,9,16H2,1-2H3. The van der Waals surface area contributed by atoms with Gasteiger partial charge in [0, 0.05) is 23.0 Å². The molecule has 0 atom stereocenters. The molecule has 1 heterocycles. The third-order valence-corrected chi connectivity index (χ3v) is 5.93. The first-order valence-corrected chi connectivity index (χ1v) is 10.4. The predicted octanol–water partition coefficient (Wildman–Crippen LogP) is 6.23. The number of hydrogen-bond acceptors (Lipinski definition) is 2. The Morgan fingerprint density at radius 1 is 1.11 bits per heavy atom. The minimum Gasteiger partial charge on any atom is -0.489 e. The van der Waals surface area contributed by atoms with E-state index in [1.54, 1.807) is 6.92 Å². The average molecular weight is 376 g/mol. The van der Waals surface area contributed by atoms with E-state index in [0.29, 0.717) is 13.0 Å². The highest BCUT2D eigenvalue weighted by Crippen LogP contribution is 2.36. The second-order valence-corrected chi connectivity index (χ2v) is 8.21. The molecule has 1 aliphatic rings. The summed E-state index contributed by atoms with van der Waals surface area (Å²) in [5.41, 5.74) is 6.32. The van der Waals surface area contributed by atoms with Crippen molar-refractivity contribution in [3.8, 4) is 5.75 Å². The van der Waals surface area contributed by atoms with Crippen LogP contribution in [0.15, 0.2) is 42.5 Å². The van der Waals surface area contributed by atoms with Gasteiger partial charge < -0.3 is 14.5 Å². The fourth-order valence-electron chi connectivity index (χ4n) is 4.40. The zero-order chi connectivity index (χ0) is 19.5. The van der Waals surface area contributed by atoms with Crippen molar-refractivity contribution in [3.05, 3.63) is 64.8 Å². The molecule has 3 nitrogen and oxygen atoms in total. The van der Waals surface area contributed by atoms with E-state index in [2.05, 4.69) is 48.3 Å². The van der Waals surface area contributed by atoms with Crippen molar-refractivity contribution >= 4 is 16.7 Å². The summed E-state index contributed by atoms with van der Waals surface area (Å²) in [5.74, 6) is 1.85. The van der Waals surface area contributed by atoms with Crippen molar-refractivity contribution in [2.75, 3.05) is 0 Å². The highest BCUT2D eigenvalue weighted by molar-refractivity contribution is 5.82. The first-order chi connectivity index (χ1) is 13.6. The lowest BCUT2D eigenvalue weighted by molar-refractivity contribution is -0.116. The Morgan fingerprint density at radius 2 is 1.93 bits per heavy atom. The summed E-state index contributed by atoms with van der Waals surface area (Å²) in [7, 11) is 0. The maximum absolute atomic E-state index is 11.2. The summed E-state index contributed by atoms with van der Waals surface area (Å²) in [4.78, 5) is 14.6. The van der Waals surface area contributed by atoms with Crippen molar-refractivity contribution in [1.29, 1.82) is 0 Å². The van der Waals surface area contributed by atoms with Crippen molar-refractivity contribution < 1.29 is 9.53 Å². The van der Waals surface area contributed by atoms with Gasteiger partial charge in [0.05, 0.1) is 0 Å². The largest absolute Gasteiger partial charge is 0.489 e. The van der Waals surface area contributed by atoms with E-state index in [1.165, 1.54) is 42.4 Å². The maximum atomic E-state index is 11.2. The van der Waals surface area contributed by atoms with E-state index in [-0.39, 0.29) is 5.78 Å². The number of H-pyrrole nitrogens is 1. The highest BCUT2D eigenvalue weighted by Gasteiger charge is 2.18. The number of benzene rings is 2. The molecule has 0 radical (unpaired) electrons. The molecule has 0 bridgehead atoms. The van der Waals surface area contributed by atoms with E-state index < -0.39 is 0 Å². The summed E-state index contributed by atoms with van der Waals surface area (Å²) in [6, 6.07) is 15.1. The predicted molar refractivity (Wildman–Crippen MR) is 114 cm³/mol. The van der Waals surface area contributed by atoms with E-state index >= 15 is 0 Å². The topological polar surface area (TPSA) is 42.1 Å². The minimum absolute atomic E-state index is 0.219. The molecule has 1 aromatic heterocycles. The van der Waals surface area contributed by atoms with Crippen LogP contribution in [0.5, 0.6) is 5.75 Å². The van der Waals surface area contributed by atoms with Crippen molar-refractivity contribution in [2.45, 2.75) is 64.9 Å². The molecule has 1 aliphatic carbocycles. The van der Waals surface area contributed by atoms with Crippen LogP contribution < -0.4 is 4.74 Å². The number of aromatic amines is 1. The number of ketones is 1. The van der Waals surface area contributed by atoms with Gasteiger partial charge in [0.15, 0.2) is 0 Å². The first-order valence-electron chi connectivity index (χ1n) is 10.4. The zero-order valence-electron chi connectivity index (χ0n) is 16.9. The quantitative estimate of drug-likeness (QED) is 0.531. The molecule has 3 heteroatoms. The van der Waals surface area contributed by atoms with Gasteiger partial charge in [-0.2, -0.15) is 0 Å². The van der Waals surface area contributed by atoms with Gasteiger partial charge in [0.25, 0.3) is 0 Å². The number of Topliss-reactive ketones (excluding diaryl/α,β-unsaturated/α-hetero) is 1. The monoisotopic (exact) mass is 375 g/mol. The van der Waals surface area contributed by atoms with E-state index in [9.17, 15) is 4.79 Å². The molecule has 2 aromatic carbocycles. The Balaban J connectivity index is 1.42. The maximum Gasteiger partial charge on any atom is 0.130 e. The van der Waals surface area contributed by atoms with Crippen molar-refractivity contribution in [1.82, 2.24) is 4.98 Å². The molecule has 1 fully saturated rings. The van der Waals surface area contributed by atoms with Gasteiger partial charge in [-0.05, 0) is 80.0 Å². The molecule has 0 saturated heterocycles. The van der Waals surface area contributed by atoms with Crippen LogP contribution in [-0.2, 0) is 17.8 Å². The average Bonchev–Trinajstić information content (AvgIpc) is 3.34. The van der Waals surface area contributed by atoms with Crippen LogP contribution in [0.2, 0.25) is 0 Å². The van der Waals surface area contributed by atoms with E-state index in [4.69, 9.17) is 4.74 Å². The van der Waals surface area contributed by atoms with Crippen molar-refractivity contribution in [3.63, 3.8) is 0 Å². The molecule has 0 unspecified atom stereocenters. The second kappa shape index (κ2) is 8.22. The molecule has 0 spiro atoms. The van der Waals surface area contributed by atoms with Crippen LogP contribution in [0.4, 0.5) is 0 Å². The number of aromatic nitrogens is 1. The summed E-state index contributed by atoms with van der Waals surface area (Å²) >= 11 is 0. The number of aryl methyl sites for hydroxylation is 2. The molecule has 3 aromatic rings. The van der Waals surface area contributed by atoms with Gasteiger partial charge in [-0.3, -0.25) is 0 Å². The second-order valence-electron chi connectivity index (χ2n) is 8.21. The minimum atomic E-state index is 0.219. The van der Waals surface area contributed by atoms with Crippen LogP contribution in [0.25, 0.3) is 10.9 Å². The Morgan fingerprint density at radius 3 is 2.68 bits per heavy atom. The lowest BCUT2D eigenvalue weighted by Crippen LogP contribution is -2.00. The van der Waals surface area contributed by atoms with Gasteiger partial charge in [-0.15, -0.1) is 0 Å². The summed E-state index contributed by atoms with van der Waals surface area (Å²) in [6.45, 7) is 4.45. The summed E-state index contributed by atoms with van der Waals surface area (Å²) < 4.78 is 6.06. The number of rotatable bonds is 7. The number of fused-ring (bicyclic) bond motifs is 1. The highest BCUT2D eigenvalue weighted by atomic mass is 16.5. The fourth-order valence-corrected chi connectivity index (χ4v) is 4.40. The number of hydrogen-bond donors (Lipinski definition) is 1. The van der Waals surface area contributed by atoms with Gasteiger partial charge in [0.1, 0.15) is 18.1 Å². The van der Waals surface area contributed by atoms with Gasteiger partial charge in [0.2, 0.25) is 0 Å². The van der Waals surface area contributed by atoms with Crippen molar-refractivity contribution in [2.24, 2.45) is 0 Å². The summed E-state index contributed by atoms with van der Waals surface area (Å²) in [6.07, 6.45) is 6.74. The smallest absolute Gasteiger partial charge is 0.130 e. The third kappa shape index (κ3) is 4.30. The molecule has 4 rings (SSSR count). The lowest BCUT2D eigenvalue weighted by atomic mass is 9.92. The summed E-state index contributed by atoms with van der Waals surface area (Å²) in [5, 5.41) is 1.13. The van der Waals surface area contributed by atoms with Crippen LogP contribution >= 0.6 is 0 Å². The number of carbonyl (C=O) groups excluding carboxylic acids is 1. The first kappa shape index (κ1) is 18.8. The molecule has 1 saturated carbocycles. The fraction of sp³-hybridized carbons (Fsp3) is 0.400. The Kier molecular flexibility index (Phi) is 5.52. The van der Waals surface area contributed by atoms with Crippen LogP contribution in [0.3, 0.4) is 0 Å². The zero-order valence-corrected chi connectivity index (χ0v) is 16.9. The van der Waals surface area contributed by atoms with E-state index in [0.717, 1.165) is 34.7 Å². The van der Waals surface area contributed by atoms with Gasteiger partial charge >= 0.3 is 0 Å².